The first-order chi connectivity index (χ1) is 20.2. The fraction of sp³-hybridized carbons (Fsp3) is 0.346. The van der Waals surface area contributed by atoms with Crippen molar-refractivity contribution in [2.24, 2.45) is 5.92 Å². The maximum absolute atomic E-state index is 14.0. The molecule has 1 fully saturated rings. The number of aliphatic hydroxyl groups excluding tert-OH is 1. The zero-order valence-electron chi connectivity index (χ0n) is 21.9. The second kappa shape index (κ2) is 11.5. The number of alkyl halides is 6. The number of aromatic nitrogens is 6. The van der Waals surface area contributed by atoms with E-state index in [0.29, 0.717) is 20.8 Å². The van der Waals surface area contributed by atoms with Crippen molar-refractivity contribution in [3.8, 4) is 17.1 Å². The van der Waals surface area contributed by atoms with Gasteiger partial charge in [-0.1, -0.05) is 17.7 Å². The summed E-state index contributed by atoms with van der Waals surface area (Å²) in [6.45, 7) is -1.43. The van der Waals surface area contributed by atoms with E-state index in [9.17, 15) is 41.0 Å². The van der Waals surface area contributed by atoms with Gasteiger partial charge in [-0.3, -0.25) is 9.36 Å². The monoisotopic (exact) mass is 629 g/mol. The van der Waals surface area contributed by atoms with Crippen LogP contribution >= 0.6 is 11.6 Å². The van der Waals surface area contributed by atoms with Gasteiger partial charge >= 0.3 is 18.0 Å². The Morgan fingerprint density at radius 1 is 1.07 bits per heavy atom. The predicted octanol–water partition coefficient (Wildman–Crippen LogP) is 4.08. The molecule has 1 aliphatic carbocycles. The van der Waals surface area contributed by atoms with Gasteiger partial charge in [-0.2, -0.15) is 26.3 Å². The van der Waals surface area contributed by atoms with Crippen LogP contribution in [-0.4, -0.2) is 59.0 Å². The number of hydrogen-bond donors (Lipinski definition) is 2. The highest BCUT2D eigenvalue weighted by atomic mass is 35.5. The standard InChI is InChI=1S/C26H22ClF6N7O3/c27-16-8-6-15(7-9-16)22-37-39(24(43)38(22)11-19(41)26(31,32)33)12-20-35-13-40(36-20)21-17(23(42)34-10-14-4-5-14)2-1-3-18(21)25(28,29)30/h1-3,6-9,13-14,19,41H,4-5,10-12H2,(H,34,42)/t19-/m0/s1. The molecule has 0 radical (unpaired) electrons. The summed E-state index contributed by atoms with van der Waals surface area (Å²) in [5, 5.41) is 20.7. The minimum Gasteiger partial charge on any atom is -0.382 e. The first-order valence-electron chi connectivity index (χ1n) is 12.8. The molecular formula is C26H22ClF6N7O3. The van der Waals surface area contributed by atoms with Crippen molar-refractivity contribution in [2.45, 2.75) is 44.4 Å². The van der Waals surface area contributed by atoms with E-state index in [-0.39, 0.29) is 28.7 Å². The summed E-state index contributed by atoms with van der Waals surface area (Å²) in [4.78, 5) is 29.9. The van der Waals surface area contributed by atoms with Gasteiger partial charge in [0.1, 0.15) is 12.9 Å². The number of amides is 1. The Morgan fingerprint density at radius 3 is 2.40 bits per heavy atom. The average Bonchev–Trinajstić information content (AvgIpc) is 3.59. The van der Waals surface area contributed by atoms with Crippen LogP contribution in [0.1, 0.15) is 34.6 Å². The molecule has 1 aliphatic rings. The molecule has 17 heteroatoms. The molecule has 1 amide bonds. The third kappa shape index (κ3) is 6.74. The van der Waals surface area contributed by atoms with Gasteiger partial charge in [-0.25, -0.2) is 19.1 Å². The fourth-order valence-electron chi connectivity index (χ4n) is 4.27. The lowest BCUT2D eigenvalue weighted by Gasteiger charge is -2.16. The number of halogens is 7. The fourth-order valence-corrected chi connectivity index (χ4v) is 4.39. The van der Waals surface area contributed by atoms with Gasteiger partial charge in [-0.05, 0) is 55.2 Å². The van der Waals surface area contributed by atoms with Crippen molar-refractivity contribution in [3.63, 3.8) is 0 Å². The van der Waals surface area contributed by atoms with Crippen molar-refractivity contribution in [2.75, 3.05) is 6.54 Å². The smallest absolute Gasteiger partial charge is 0.382 e. The molecule has 0 bridgehead atoms. The molecule has 10 nitrogen and oxygen atoms in total. The Bertz CT molecular complexity index is 1690. The van der Waals surface area contributed by atoms with Crippen molar-refractivity contribution in [1.82, 2.24) is 34.4 Å². The number of hydrogen-bond acceptors (Lipinski definition) is 6. The number of carbonyl (C=O) groups excluding carboxylic acids is 1. The van der Waals surface area contributed by atoms with E-state index in [1.54, 1.807) is 0 Å². The number of para-hydroxylation sites is 1. The minimum atomic E-state index is -5.03. The third-order valence-corrected chi connectivity index (χ3v) is 6.90. The summed E-state index contributed by atoms with van der Waals surface area (Å²) in [5.41, 5.74) is -2.92. The van der Waals surface area contributed by atoms with Gasteiger partial charge in [0.05, 0.1) is 23.4 Å². The lowest BCUT2D eigenvalue weighted by Crippen LogP contribution is -2.37. The lowest BCUT2D eigenvalue weighted by atomic mass is 10.1. The van der Waals surface area contributed by atoms with Gasteiger partial charge in [0, 0.05) is 17.1 Å². The van der Waals surface area contributed by atoms with E-state index in [0.717, 1.165) is 36.0 Å². The van der Waals surface area contributed by atoms with E-state index in [1.807, 2.05) is 0 Å². The Hall–Kier alpha value is -4.18. The van der Waals surface area contributed by atoms with Crippen molar-refractivity contribution in [3.05, 3.63) is 81.3 Å². The molecule has 0 spiro atoms. The maximum atomic E-state index is 14.0. The lowest BCUT2D eigenvalue weighted by molar-refractivity contribution is -0.207. The molecule has 43 heavy (non-hydrogen) atoms. The Labute approximate surface area is 243 Å². The summed E-state index contributed by atoms with van der Waals surface area (Å²) in [6, 6.07) is 8.74. The molecule has 0 unspecified atom stereocenters. The van der Waals surface area contributed by atoms with Gasteiger partial charge in [0.2, 0.25) is 0 Å². The molecule has 1 saturated carbocycles. The summed E-state index contributed by atoms with van der Waals surface area (Å²) in [6.07, 6.45) is -10.1. The van der Waals surface area contributed by atoms with E-state index < -0.39 is 54.4 Å². The second-order valence-electron chi connectivity index (χ2n) is 9.90. The van der Waals surface area contributed by atoms with Gasteiger partial charge in [0.25, 0.3) is 5.91 Å². The van der Waals surface area contributed by atoms with E-state index in [2.05, 4.69) is 20.5 Å². The molecule has 4 aromatic rings. The molecular weight excluding hydrogens is 608 g/mol. The summed E-state index contributed by atoms with van der Waals surface area (Å²) >= 11 is 5.89. The predicted molar refractivity (Wildman–Crippen MR) is 140 cm³/mol. The van der Waals surface area contributed by atoms with Crippen molar-refractivity contribution in [1.29, 1.82) is 0 Å². The van der Waals surface area contributed by atoms with Crippen LogP contribution in [0.2, 0.25) is 5.02 Å². The Kier molecular flexibility index (Phi) is 8.09. The zero-order valence-corrected chi connectivity index (χ0v) is 22.7. The topological polar surface area (TPSA) is 120 Å². The first kappa shape index (κ1) is 30.3. The highest BCUT2D eigenvalue weighted by Gasteiger charge is 2.40. The van der Waals surface area contributed by atoms with E-state index >= 15 is 0 Å². The normalized spacial score (nSPS) is 14.6. The van der Waals surface area contributed by atoms with Crippen LogP contribution in [0.4, 0.5) is 26.3 Å². The van der Waals surface area contributed by atoms with E-state index in [1.165, 1.54) is 30.3 Å². The number of nitrogens with one attached hydrogen (secondary N) is 1. The molecule has 1 atom stereocenters. The van der Waals surface area contributed by atoms with Crippen LogP contribution in [0, 0.1) is 5.92 Å². The summed E-state index contributed by atoms with van der Waals surface area (Å²) in [5.74, 6) is -0.936. The zero-order chi connectivity index (χ0) is 31.1. The largest absolute Gasteiger partial charge is 0.418 e. The molecule has 2 aromatic carbocycles. The molecule has 0 saturated heterocycles. The maximum Gasteiger partial charge on any atom is 0.418 e. The van der Waals surface area contributed by atoms with E-state index in [4.69, 9.17) is 11.6 Å². The average molecular weight is 630 g/mol. The quantitative estimate of drug-likeness (QED) is 0.270. The number of carbonyl (C=O) groups is 1. The van der Waals surface area contributed by atoms with Crippen LogP contribution < -0.4 is 11.0 Å². The summed E-state index contributed by atoms with van der Waals surface area (Å²) < 4.78 is 83.4. The highest BCUT2D eigenvalue weighted by Crippen LogP contribution is 2.35. The molecule has 0 aliphatic heterocycles. The SMILES string of the molecule is O=C(NCC1CC1)c1cccc(C(F)(F)F)c1-n1cnc(Cn2nc(-c3ccc(Cl)cc3)n(C[C@H](O)C(F)(F)F)c2=O)n1. The van der Waals surface area contributed by atoms with Crippen molar-refractivity contribution >= 4 is 17.5 Å². The minimum absolute atomic E-state index is 0.203. The van der Waals surface area contributed by atoms with Crippen LogP contribution in [-0.2, 0) is 19.3 Å². The highest BCUT2D eigenvalue weighted by molar-refractivity contribution is 6.30. The Balaban J connectivity index is 1.51. The second-order valence-corrected chi connectivity index (χ2v) is 10.3. The van der Waals surface area contributed by atoms with Crippen molar-refractivity contribution < 1.29 is 36.2 Å². The third-order valence-electron chi connectivity index (χ3n) is 6.65. The van der Waals surface area contributed by atoms with Gasteiger partial charge in [-0.15, -0.1) is 10.2 Å². The van der Waals surface area contributed by atoms with Crippen LogP contribution in [0.15, 0.2) is 53.6 Å². The van der Waals surface area contributed by atoms with Gasteiger partial charge < -0.3 is 10.4 Å². The number of benzene rings is 2. The van der Waals surface area contributed by atoms with Crippen LogP contribution in [0.25, 0.3) is 17.1 Å². The van der Waals surface area contributed by atoms with Crippen LogP contribution in [0.5, 0.6) is 0 Å². The molecule has 5 rings (SSSR count). The molecule has 2 aromatic heterocycles. The number of aliphatic hydroxyl groups is 1. The Morgan fingerprint density at radius 2 is 1.77 bits per heavy atom. The number of rotatable bonds is 9. The van der Waals surface area contributed by atoms with Crippen LogP contribution in [0.3, 0.4) is 0 Å². The first-order valence-corrected chi connectivity index (χ1v) is 13.2. The molecule has 2 heterocycles. The molecule has 2 N–H and O–H groups in total. The summed E-state index contributed by atoms with van der Waals surface area (Å²) in [7, 11) is 0. The molecule has 228 valence electrons. The number of nitrogens with zero attached hydrogens (tertiary/aromatic N) is 6. The van der Waals surface area contributed by atoms with Gasteiger partial charge in [0.15, 0.2) is 17.8 Å².